The SMILES string of the molecule is C=CC(C)(C)[C@@]12C=C(O)C(=O)N3/C(=C/c4cn([C@@H](CC(=O)O)C(=O)N[C@@H](C)C(=O)OC)cn4)C(=O)N[C@]31N(OC)c1ccccc12. The van der Waals surface area contributed by atoms with Crippen LogP contribution in [-0.4, -0.2) is 80.4 Å². The molecule has 0 radical (unpaired) electrons. The fourth-order valence-corrected chi connectivity index (χ4v) is 6.58. The third-order valence-electron chi connectivity index (χ3n) is 8.81. The number of aliphatic hydroxyl groups is 1. The van der Waals surface area contributed by atoms with Gasteiger partial charge in [-0.3, -0.25) is 28.9 Å². The van der Waals surface area contributed by atoms with Crippen LogP contribution in [0.15, 0.2) is 67.0 Å². The Bertz CT molecular complexity index is 1730. The number of carbonyl (C=O) groups excluding carboxylic acids is 4. The first-order valence-corrected chi connectivity index (χ1v) is 14.2. The van der Waals surface area contributed by atoms with Crippen LogP contribution in [0.4, 0.5) is 5.69 Å². The number of nitrogens with one attached hydrogen (secondary N) is 2. The van der Waals surface area contributed by atoms with Gasteiger partial charge in [0, 0.05) is 11.6 Å². The number of hydroxylamine groups is 1. The van der Waals surface area contributed by atoms with Crippen molar-refractivity contribution in [3.8, 4) is 0 Å². The molecule has 4 heterocycles. The average molecular weight is 635 g/mol. The Kier molecular flexibility index (Phi) is 7.76. The average Bonchev–Trinajstić information content (AvgIpc) is 3.67. The molecule has 0 saturated carbocycles. The third-order valence-corrected chi connectivity index (χ3v) is 8.81. The summed E-state index contributed by atoms with van der Waals surface area (Å²) in [6.45, 7) is 9.13. The highest BCUT2D eigenvalue weighted by atomic mass is 16.7. The van der Waals surface area contributed by atoms with Gasteiger partial charge in [-0.25, -0.2) is 14.8 Å². The van der Waals surface area contributed by atoms with Gasteiger partial charge in [0.25, 0.3) is 11.8 Å². The predicted molar refractivity (Wildman–Crippen MR) is 161 cm³/mol. The second kappa shape index (κ2) is 11.2. The molecule has 3 amide bonds. The number of rotatable bonds is 10. The summed E-state index contributed by atoms with van der Waals surface area (Å²) in [5.41, 5.74) is -1.16. The van der Waals surface area contributed by atoms with Gasteiger partial charge in [0.15, 0.2) is 5.76 Å². The van der Waals surface area contributed by atoms with E-state index in [9.17, 15) is 34.2 Å². The number of hydrogen-bond acceptors (Lipinski definition) is 10. The minimum atomic E-state index is -1.74. The van der Waals surface area contributed by atoms with E-state index in [1.165, 1.54) is 48.3 Å². The molecule has 0 unspecified atom stereocenters. The number of nitrogens with zero attached hydrogens (tertiary/aromatic N) is 4. The number of imidazole rings is 1. The van der Waals surface area contributed by atoms with E-state index in [1.807, 2.05) is 19.9 Å². The Labute approximate surface area is 263 Å². The normalized spacial score (nSPS) is 23.9. The maximum absolute atomic E-state index is 13.9. The number of carboxylic acids is 1. The van der Waals surface area contributed by atoms with E-state index < -0.39 is 70.5 Å². The number of hydrogen-bond donors (Lipinski definition) is 4. The summed E-state index contributed by atoms with van der Waals surface area (Å²) in [6.07, 6.45) is 6.24. The lowest BCUT2D eigenvalue weighted by atomic mass is 9.57. The lowest BCUT2D eigenvalue weighted by Crippen LogP contribution is -2.76. The number of allylic oxidation sites excluding steroid dienone is 1. The summed E-state index contributed by atoms with van der Waals surface area (Å²) < 4.78 is 5.84. The minimum Gasteiger partial charge on any atom is -0.503 e. The topological polar surface area (TPSA) is 193 Å². The third kappa shape index (κ3) is 4.37. The largest absolute Gasteiger partial charge is 0.503 e. The van der Waals surface area contributed by atoms with Crippen molar-refractivity contribution in [3.05, 3.63) is 78.2 Å². The monoisotopic (exact) mass is 634 g/mol. The van der Waals surface area contributed by atoms with Gasteiger partial charge in [0.2, 0.25) is 11.7 Å². The Morgan fingerprint density at radius 1 is 1.22 bits per heavy atom. The van der Waals surface area contributed by atoms with E-state index in [0.29, 0.717) is 11.3 Å². The smallest absolute Gasteiger partial charge is 0.328 e. The van der Waals surface area contributed by atoms with Crippen LogP contribution in [0.25, 0.3) is 6.08 Å². The summed E-state index contributed by atoms with van der Waals surface area (Å²) in [5.74, 6) is -6.74. The molecule has 3 aliphatic heterocycles. The number of benzene rings is 1. The number of carbonyl (C=O) groups is 5. The molecule has 242 valence electrons. The van der Waals surface area contributed by atoms with Gasteiger partial charge in [0.1, 0.15) is 17.8 Å². The molecule has 1 aromatic heterocycles. The number of fused-ring (bicyclic) bond motifs is 2. The van der Waals surface area contributed by atoms with Gasteiger partial charge >= 0.3 is 11.9 Å². The van der Waals surface area contributed by atoms with Gasteiger partial charge < -0.3 is 30.2 Å². The van der Waals surface area contributed by atoms with Crippen LogP contribution in [-0.2, 0) is 39.0 Å². The molecule has 1 saturated heterocycles. The van der Waals surface area contributed by atoms with Crippen LogP contribution in [0.2, 0.25) is 0 Å². The molecule has 0 bridgehead atoms. The van der Waals surface area contributed by atoms with Crippen LogP contribution in [0.5, 0.6) is 0 Å². The number of ether oxygens (including phenoxy) is 1. The summed E-state index contributed by atoms with van der Waals surface area (Å²) >= 11 is 0. The van der Waals surface area contributed by atoms with Crippen LogP contribution in [0.3, 0.4) is 0 Å². The molecular weight excluding hydrogens is 600 g/mol. The molecule has 2 aromatic rings. The second-order valence-electron chi connectivity index (χ2n) is 11.7. The molecule has 4 atom stereocenters. The Hall–Kier alpha value is -5.44. The summed E-state index contributed by atoms with van der Waals surface area (Å²) in [6, 6.07) is 4.79. The first kappa shape index (κ1) is 32.0. The molecule has 5 rings (SSSR count). The van der Waals surface area contributed by atoms with Gasteiger partial charge in [0.05, 0.1) is 43.8 Å². The molecule has 1 fully saturated rings. The van der Waals surface area contributed by atoms with Gasteiger partial charge in [-0.05, 0) is 30.7 Å². The minimum absolute atomic E-state index is 0.0845. The first-order valence-electron chi connectivity index (χ1n) is 14.2. The highest BCUT2D eigenvalue weighted by Crippen LogP contribution is 2.64. The summed E-state index contributed by atoms with van der Waals surface area (Å²) in [7, 11) is 2.55. The highest BCUT2D eigenvalue weighted by Gasteiger charge is 2.77. The van der Waals surface area contributed by atoms with Gasteiger partial charge in [-0.1, -0.05) is 38.1 Å². The Morgan fingerprint density at radius 2 is 1.91 bits per heavy atom. The zero-order valence-corrected chi connectivity index (χ0v) is 25.8. The van der Waals surface area contributed by atoms with Crippen molar-refractivity contribution >= 4 is 41.4 Å². The van der Waals surface area contributed by atoms with Crippen molar-refractivity contribution in [2.75, 3.05) is 19.3 Å². The van der Waals surface area contributed by atoms with Crippen molar-refractivity contribution in [2.45, 2.75) is 50.5 Å². The Morgan fingerprint density at radius 3 is 2.54 bits per heavy atom. The van der Waals surface area contributed by atoms with Crippen molar-refractivity contribution in [1.82, 2.24) is 25.1 Å². The van der Waals surface area contributed by atoms with Crippen LogP contribution < -0.4 is 15.7 Å². The quantitative estimate of drug-likeness (QED) is 0.168. The van der Waals surface area contributed by atoms with E-state index in [-0.39, 0.29) is 11.4 Å². The fourth-order valence-electron chi connectivity index (χ4n) is 6.58. The van der Waals surface area contributed by atoms with Crippen molar-refractivity contribution in [1.29, 1.82) is 0 Å². The Balaban J connectivity index is 1.63. The standard InChI is InChI=1S/C31H34N6O9/c1-7-29(3,4)30-14-23(38)27(43)36-22(26(42)34-31(30,36)37(46-6)20-11-9-8-10-19(20)30)12-18-15-35(16-32-18)21(13-24(39)40)25(41)33-17(2)28(44)45-5/h7-12,14-17,21,38H,1,13H2,2-6H3,(H,33,41)(H,34,42)(H,39,40)/b22-12+/t17-,21-,30-,31-/m0/s1. The molecule has 15 heteroatoms. The van der Waals surface area contributed by atoms with E-state index >= 15 is 0 Å². The number of amides is 3. The van der Waals surface area contributed by atoms with Crippen molar-refractivity contribution in [2.24, 2.45) is 5.41 Å². The zero-order valence-electron chi connectivity index (χ0n) is 25.8. The van der Waals surface area contributed by atoms with Crippen LogP contribution >= 0.6 is 0 Å². The zero-order chi connectivity index (χ0) is 33.8. The molecule has 15 nitrogen and oxygen atoms in total. The number of carboxylic acid groups (broad SMARTS) is 1. The molecular formula is C31H34N6O9. The van der Waals surface area contributed by atoms with Crippen LogP contribution in [0.1, 0.15) is 44.5 Å². The summed E-state index contributed by atoms with van der Waals surface area (Å²) in [5, 5.41) is 27.5. The number of aromatic nitrogens is 2. The van der Waals surface area contributed by atoms with Crippen molar-refractivity contribution < 1.29 is 43.8 Å². The molecule has 4 N–H and O–H groups in total. The maximum Gasteiger partial charge on any atom is 0.328 e. The van der Waals surface area contributed by atoms with Crippen LogP contribution in [0, 0.1) is 5.41 Å². The molecule has 1 spiro atoms. The lowest BCUT2D eigenvalue weighted by molar-refractivity contribution is -0.145. The van der Waals surface area contributed by atoms with E-state index in [4.69, 9.17) is 4.84 Å². The first-order chi connectivity index (χ1) is 21.7. The van der Waals surface area contributed by atoms with Gasteiger partial charge in [-0.15, -0.1) is 6.58 Å². The van der Waals surface area contributed by atoms with E-state index in [2.05, 4.69) is 26.9 Å². The highest BCUT2D eigenvalue weighted by molar-refractivity contribution is 6.10. The number of methoxy groups -OCH3 is 1. The number of anilines is 1. The lowest BCUT2D eigenvalue weighted by Gasteiger charge is -2.56. The fraction of sp³-hybridized carbons (Fsp3) is 0.355. The molecule has 3 aliphatic rings. The molecule has 46 heavy (non-hydrogen) atoms. The number of aliphatic hydroxyl groups excluding tert-OH is 1. The number of para-hydroxylation sites is 1. The van der Waals surface area contributed by atoms with E-state index in [1.54, 1.807) is 24.3 Å². The predicted octanol–water partition coefficient (Wildman–Crippen LogP) is 1.52. The second-order valence-corrected chi connectivity index (χ2v) is 11.7. The van der Waals surface area contributed by atoms with Crippen molar-refractivity contribution in [3.63, 3.8) is 0 Å². The number of aliphatic carboxylic acids is 1. The van der Waals surface area contributed by atoms with E-state index in [0.717, 1.165) is 12.0 Å². The molecule has 0 aliphatic carbocycles. The van der Waals surface area contributed by atoms with Gasteiger partial charge in [-0.2, -0.15) is 0 Å². The number of esters is 1. The molecule has 1 aromatic carbocycles. The summed E-state index contributed by atoms with van der Waals surface area (Å²) in [4.78, 5) is 75.5. The maximum atomic E-state index is 13.9.